The van der Waals surface area contributed by atoms with E-state index < -0.39 is 5.97 Å². The van der Waals surface area contributed by atoms with E-state index in [0.29, 0.717) is 6.47 Å². The Labute approximate surface area is 168 Å². The Morgan fingerprint density at radius 1 is 0.929 bits per heavy atom. The number of unbranched alkanes of at least 4 members (excludes halogenated alkanes) is 4. The number of aryl methyl sites for hydroxylation is 2. The highest BCUT2D eigenvalue weighted by molar-refractivity contribution is 5.77. The Kier molecular flexibility index (Phi) is 7.14. The second kappa shape index (κ2) is 9.58. The molecule has 0 heterocycles. The van der Waals surface area contributed by atoms with Gasteiger partial charge >= 0.3 is 5.97 Å². The van der Waals surface area contributed by atoms with Crippen molar-refractivity contribution in [2.75, 3.05) is 0 Å². The Morgan fingerprint density at radius 3 is 2.11 bits per heavy atom. The first-order valence-electron chi connectivity index (χ1n) is 11.0. The minimum atomic E-state index is -0.590. The molecule has 0 saturated heterocycles. The van der Waals surface area contributed by atoms with Crippen LogP contribution >= 0.6 is 0 Å². The molecule has 154 valence electrons. The van der Waals surface area contributed by atoms with Gasteiger partial charge in [0.15, 0.2) is 0 Å². The number of benzene rings is 1. The fraction of sp³-hybridized carbons (Fsp3) is 0.667. The van der Waals surface area contributed by atoms with Crippen LogP contribution in [0.15, 0.2) is 24.3 Å². The predicted molar refractivity (Wildman–Crippen MR) is 109 cm³/mol. The molecule has 0 aliphatic heterocycles. The fourth-order valence-electron chi connectivity index (χ4n) is 4.25. The number of carboxylic acids is 1. The average Bonchev–Trinajstić information content (AvgIpc) is 3.60. The minimum Gasteiger partial charge on any atom is -0.481 e. The predicted octanol–water partition coefficient (Wildman–Crippen LogP) is 5.46. The molecule has 0 atom stereocenters. The molecular weight excluding hydrogens is 352 g/mol. The van der Waals surface area contributed by atoms with Crippen molar-refractivity contribution in [3.05, 3.63) is 35.4 Å². The van der Waals surface area contributed by atoms with E-state index in [-0.39, 0.29) is 11.0 Å². The minimum absolute atomic E-state index is 0.118. The van der Waals surface area contributed by atoms with Crippen LogP contribution in [0.1, 0.15) is 88.2 Å². The van der Waals surface area contributed by atoms with Gasteiger partial charge in [-0.1, -0.05) is 43.5 Å². The molecular formula is C24H34O4. The van der Waals surface area contributed by atoms with Crippen LogP contribution in [0.4, 0.5) is 0 Å². The van der Waals surface area contributed by atoms with Crippen molar-refractivity contribution in [3.8, 4) is 0 Å². The fourth-order valence-corrected chi connectivity index (χ4v) is 4.25. The third-order valence-corrected chi connectivity index (χ3v) is 6.62. The molecule has 2 aliphatic carbocycles. The Bertz CT molecular complexity index is 658. The second-order valence-corrected chi connectivity index (χ2v) is 8.92. The molecule has 4 nitrogen and oxygen atoms in total. The summed E-state index contributed by atoms with van der Waals surface area (Å²) in [5.74, 6) is -0.590. The second-order valence-electron chi connectivity index (χ2n) is 8.92. The van der Waals surface area contributed by atoms with E-state index in [1.165, 1.54) is 24.0 Å². The first-order valence-corrected chi connectivity index (χ1v) is 11.0. The van der Waals surface area contributed by atoms with Crippen LogP contribution in [0.2, 0.25) is 0 Å². The molecule has 0 spiro atoms. The highest BCUT2D eigenvalue weighted by Crippen LogP contribution is 2.50. The van der Waals surface area contributed by atoms with Gasteiger partial charge in [0, 0.05) is 0 Å². The number of rotatable bonds is 15. The number of carbonyl (C=O) groups excluding carboxylic acids is 1. The van der Waals surface area contributed by atoms with Gasteiger partial charge in [0.05, 0.1) is 5.41 Å². The third-order valence-electron chi connectivity index (χ3n) is 6.62. The summed E-state index contributed by atoms with van der Waals surface area (Å²) in [5.41, 5.74) is 2.33. The van der Waals surface area contributed by atoms with E-state index in [2.05, 4.69) is 24.3 Å². The molecule has 0 unspecified atom stereocenters. The highest BCUT2D eigenvalue weighted by Gasteiger charge is 2.49. The zero-order valence-corrected chi connectivity index (χ0v) is 17.0. The molecule has 1 aromatic carbocycles. The summed E-state index contributed by atoms with van der Waals surface area (Å²) in [6.45, 7) is 0.604. The lowest BCUT2D eigenvalue weighted by molar-refractivity contribution is -0.143. The number of aliphatic carboxylic acids is 1. The first-order chi connectivity index (χ1) is 13.6. The van der Waals surface area contributed by atoms with E-state index in [9.17, 15) is 14.7 Å². The normalized spacial score (nSPS) is 18.4. The van der Waals surface area contributed by atoms with Crippen LogP contribution < -0.4 is 0 Å². The molecule has 3 rings (SSSR count). The van der Waals surface area contributed by atoms with Gasteiger partial charge in [-0.05, 0) is 81.8 Å². The average molecular weight is 387 g/mol. The van der Waals surface area contributed by atoms with E-state index in [4.69, 9.17) is 4.74 Å². The number of ether oxygens (including phenoxy) is 1. The molecule has 0 amide bonds. The zero-order chi connectivity index (χ0) is 19.9. The van der Waals surface area contributed by atoms with Gasteiger partial charge in [0.1, 0.15) is 5.60 Å². The maximum atomic E-state index is 11.2. The van der Waals surface area contributed by atoms with Crippen molar-refractivity contribution in [2.45, 2.75) is 95.5 Å². The molecule has 0 bridgehead atoms. The van der Waals surface area contributed by atoms with Crippen molar-refractivity contribution < 1.29 is 19.4 Å². The molecule has 2 saturated carbocycles. The molecule has 0 radical (unpaired) electrons. The summed E-state index contributed by atoms with van der Waals surface area (Å²) in [4.78, 5) is 21.7. The number of hydrogen-bond acceptors (Lipinski definition) is 3. The lowest BCUT2D eigenvalue weighted by atomic mass is 9.97. The van der Waals surface area contributed by atoms with Crippen LogP contribution in [0, 0.1) is 5.41 Å². The topological polar surface area (TPSA) is 63.6 Å². The van der Waals surface area contributed by atoms with E-state index in [1.54, 1.807) is 0 Å². The zero-order valence-electron chi connectivity index (χ0n) is 17.0. The molecule has 28 heavy (non-hydrogen) atoms. The summed E-state index contributed by atoms with van der Waals surface area (Å²) >= 11 is 0. The quantitative estimate of drug-likeness (QED) is 0.321. The van der Waals surface area contributed by atoms with E-state index in [1.807, 2.05) is 0 Å². The van der Waals surface area contributed by atoms with Gasteiger partial charge in [-0.2, -0.15) is 0 Å². The van der Waals surface area contributed by atoms with Gasteiger partial charge in [0.2, 0.25) is 0 Å². The Hall–Kier alpha value is -1.84. The molecule has 1 N–H and O–H groups in total. The smallest absolute Gasteiger partial charge is 0.309 e. The number of carbonyl (C=O) groups is 2. The van der Waals surface area contributed by atoms with E-state index >= 15 is 0 Å². The molecule has 1 aromatic rings. The maximum absolute atomic E-state index is 11.2. The summed E-state index contributed by atoms with van der Waals surface area (Å²) in [7, 11) is 0. The number of hydrogen-bond donors (Lipinski definition) is 1. The summed E-state index contributed by atoms with van der Waals surface area (Å²) in [6.07, 6.45) is 14.6. The summed E-state index contributed by atoms with van der Waals surface area (Å²) in [6, 6.07) is 8.91. The molecule has 4 heteroatoms. The van der Waals surface area contributed by atoms with Crippen molar-refractivity contribution >= 4 is 12.4 Å². The third kappa shape index (κ3) is 6.08. The van der Waals surface area contributed by atoms with Crippen molar-refractivity contribution in [1.29, 1.82) is 0 Å². The standard InChI is InChI=1S/C24H34O4/c25-19-28-24(16-17-24)13-6-4-9-21-11-7-10-20(18-21)8-3-1-2-5-12-23(14-15-23)22(26)27/h7,10-11,18-19H,1-6,8-9,12-17H2,(H,26,27). The molecule has 2 aliphatic rings. The monoisotopic (exact) mass is 386 g/mol. The van der Waals surface area contributed by atoms with Gasteiger partial charge in [-0.25, -0.2) is 0 Å². The SMILES string of the molecule is O=COC1(CCCCc2cccc(CCCCCCC3(C(=O)O)CC3)c2)CC1. The van der Waals surface area contributed by atoms with Gasteiger partial charge in [-0.3, -0.25) is 9.59 Å². The van der Waals surface area contributed by atoms with Crippen LogP contribution in [0.25, 0.3) is 0 Å². The van der Waals surface area contributed by atoms with Crippen LogP contribution in [0.5, 0.6) is 0 Å². The van der Waals surface area contributed by atoms with Crippen LogP contribution in [0.3, 0.4) is 0 Å². The Balaban J connectivity index is 1.27. The Morgan fingerprint density at radius 2 is 1.54 bits per heavy atom. The van der Waals surface area contributed by atoms with Crippen molar-refractivity contribution in [2.24, 2.45) is 5.41 Å². The lowest BCUT2D eigenvalue weighted by Crippen LogP contribution is -2.14. The van der Waals surface area contributed by atoms with E-state index in [0.717, 1.165) is 77.0 Å². The van der Waals surface area contributed by atoms with Crippen LogP contribution in [-0.4, -0.2) is 23.1 Å². The van der Waals surface area contributed by atoms with Crippen molar-refractivity contribution in [3.63, 3.8) is 0 Å². The summed E-state index contributed by atoms with van der Waals surface area (Å²) in [5, 5.41) is 9.21. The summed E-state index contributed by atoms with van der Waals surface area (Å²) < 4.78 is 5.21. The first kappa shape index (κ1) is 20.9. The van der Waals surface area contributed by atoms with Crippen LogP contribution in [-0.2, 0) is 27.2 Å². The largest absolute Gasteiger partial charge is 0.481 e. The molecule has 0 aromatic heterocycles. The lowest BCUT2D eigenvalue weighted by Gasteiger charge is -2.12. The van der Waals surface area contributed by atoms with Gasteiger partial charge in [-0.15, -0.1) is 0 Å². The van der Waals surface area contributed by atoms with Gasteiger partial charge < -0.3 is 9.84 Å². The maximum Gasteiger partial charge on any atom is 0.309 e. The number of carboxylic acid groups (broad SMARTS) is 1. The van der Waals surface area contributed by atoms with Gasteiger partial charge in [0.25, 0.3) is 6.47 Å². The molecule has 2 fully saturated rings. The van der Waals surface area contributed by atoms with Crippen molar-refractivity contribution in [1.82, 2.24) is 0 Å². The highest BCUT2D eigenvalue weighted by atomic mass is 16.5.